The summed E-state index contributed by atoms with van der Waals surface area (Å²) in [6.45, 7) is 8.45. The van der Waals surface area contributed by atoms with Crippen LogP contribution in [-0.4, -0.2) is 12.6 Å². The standard InChI is InChI=1S/C18H35N/c1-4-13-19-18(16-12-8-9-14(16)3)17-11-7-6-10-15(17)5-2/h14-19H,4-13H2,1-3H3. The van der Waals surface area contributed by atoms with Crippen LogP contribution in [0.3, 0.4) is 0 Å². The lowest BCUT2D eigenvalue weighted by molar-refractivity contribution is 0.123. The van der Waals surface area contributed by atoms with Crippen LogP contribution in [0.1, 0.15) is 78.6 Å². The van der Waals surface area contributed by atoms with Crippen LogP contribution in [-0.2, 0) is 0 Å². The molecule has 1 nitrogen and oxygen atoms in total. The lowest BCUT2D eigenvalue weighted by Crippen LogP contribution is -2.47. The zero-order valence-corrected chi connectivity index (χ0v) is 13.5. The molecule has 0 spiro atoms. The molecular formula is C18H35N. The zero-order valence-electron chi connectivity index (χ0n) is 13.5. The Morgan fingerprint density at radius 3 is 2.32 bits per heavy atom. The minimum atomic E-state index is 0.822. The summed E-state index contributed by atoms with van der Waals surface area (Å²) in [4.78, 5) is 0. The maximum atomic E-state index is 3.98. The number of hydrogen-bond acceptors (Lipinski definition) is 1. The Labute approximate surface area is 120 Å². The van der Waals surface area contributed by atoms with Crippen molar-refractivity contribution < 1.29 is 0 Å². The third-order valence-electron chi connectivity index (χ3n) is 5.97. The fraction of sp³-hybridized carbons (Fsp3) is 1.00. The molecule has 0 amide bonds. The molecule has 2 aliphatic rings. The molecule has 19 heavy (non-hydrogen) atoms. The molecule has 0 heterocycles. The third-order valence-corrected chi connectivity index (χ3v) is 5.97. The predicted octanol–water partition coefficient (Wildman–Crippen LogP) is 5.01. The fourth-order valence-electron chi connectivity index (χ4n) is 4.85. The Kier molecular flexibility index (Phi) is 6.19. The largest absolute Gasteiger partial charge is 0.313 e. The highest BCUT2D eigenvalue weighted by Gasteiger charge is 2.38. The van der Waals surface area contributed by atoms with E-state index in [2.05, 4.69) is 26.1 Å². The van der Waals surface area contributed by atoms with Gasteiger partial charge in [0.2, 0.25) is 0 Å². The van der Waals surface area contributed by atoms with E-state index in [1.165, 1.54) is 64.3 Å². The average molecular weight is 265 g/mol. The van der Waals surface area contributed by atoms with Crippen LogP contribution in [0.15, 0.2) is 0 Å². The highest BCUT2D eigenvalue weighted by molar-refractivity contribution is 4.92. The van der Waals surface area contributed by atoms with Crippen molar-refractivity contribution in [2.24, 2.45) is 23.7 Å². The first-order valence-corrected chi connectivity index (χ1v) is 9.01. The molecule has 0 aromatic heterocycles. The number of hydrogen-bond donors (Lipinski definition) is 1. The van der Waals surface area contributed by atoms with Crippen LogP contribution in [0.4, 0.5) is 0 Å². The topological polar surface area (TPSA) is 12.0 Å². The molecule has 2 saturated carbocycles. The van der Waals surface area contributed by atoms with Crippen LogP contribution < -0.4 is 5.32 Å². The molecule has 0 aliphatic heterocycles. The van der Waals surface area contributed by atoms with Crippen molar-refractivity contribution in [2.75, 3.05) is 6.54 Å². The van der Waals surface area contributed by atoms with Gasteiger partial charge in [0, 0.05) is 6.04 Å². The summed E-state index contributed by atoms with van der Waals surface area (Å²) in [5, 5.41) is 3.98. The van der Waals surface area contributed by atoms with E-state index < -0.39 is 0 Å². The van der Waals surface area contributed by atoms with E-state index in [1.807, 2.05) is 0 Å². The predicted molar refractivity (Wildman–Crippen MR) is 84.3 cm³/mol. The van der Waals surface area contributed by atoms with Crippen molar-refractivity contribution in [1.82, 2.24) is 5.32 Å². The second-order valence-corrected chi connectivity index (χ2v) is 7.17. The van der Waals surface area contributed by atoms with Gasteiger partial charge >= 0.3 is 0 Å². The Bertz CT molecular complexity index is 250. The van der Waals surface area contributed by atoms with Crippen molar-refractivity contribution >= 4 is 0 Å². The van der Waals surface area contributed by atoms with Crippen LogP contribution in [0.2, 0.25) is 0 Å². The molecule has 0 aromatic rings. The first-order valence-electron chi connectivity index (χ1n) is 9.01. The molecule has 5 unspecified atom stereocenters. The van der Waals surface area contributed by atoms with Crippen molar-refractivity contribution in [1.29, 1.82) is 0 Å². The molecule has 0 aromatic carbocycles. The van der Waals surface area contributed by atoms with Crippen molar-refractivity contribution in [3.63, 3.8) is 0 Å². The summed E-state index contributed by atoms with van der Waals surface area (Å²) in [5.74, 6) is 3.88. The van der Waals surface area contributed by atoms with E-state index in [1.54, 1.807) is 0 Å². The quantitative estimate of drug-likeness (QED) is 0.712. The van der Waals surface area contributed by atoms with Gasteiger partial charge in [-0.2, -0.15) is 0 Å². The van der Waals surface area contributed by atoms with Gasteiger partial charge in [0.15, 0.2) is 0 Å². The van der Waals surface area contributed by atoms with Gasteiger partial charge in [0.1, 0.15) is 0 Å². The number of rotatable bonds is 6. The van der Waals surface area contributed by atoms with E-state index in [-0.39, 0.29) is 0 Å². The Balaban J connectivity index is 2.06. The summed E-state index contributed by atoms with van der Waals surface area (Å²) < 4.78 is 0. The molecule has 2 fully saturated rings. The monoisotopic (exact) mass is 265 g/mol. The Hall–Kier alpha value is -0.0400. The normalized spacial score (nSPS) is 37.4. The Morgan fingerprint density at radius 1 is 0.947 bits per heavy atom. The molecule has 2 aliphatic carbocycles. The molecule has 2 rings (SSSR count). The summed E-state index contributed by atoms with van der Waals surface area (Å²) >= 11 is 0. The lowest BCUT2D eigenvalue weighted by Gasteiger charge is -2.41. The molecule has 1 heteroatoms. The minimum absolute atomic E-state index is 0.822. The van der Waals surface area contributed by atoms with Gasteiger partial charge in [-0.05, 0) is 49.5 Å². The SMILES string of the molecule is CCCNC(C1CCCC1C)C1CCCCC1CC. The smallest absolute Gasteiger partial charge is 0.0129 e. The second kappa shape index (κ2) is 7.67. The van der Waals surface area contributed by atoms with Gasteiger partial charge in [0.05, 0.1) is 0 Å². The maximum Gasteiger partial charge on any atom is 0.0129 e. The average Bonchev–Trinajstić information content (AvgIpc) is 2.86. The second-order valence-electron chi connectivity index (χ2n) is 7.17. The van der Waals surface area contributed by atoms with Crippen LogP contribution in [0, 0.1) is 23.7 Å². The van der Waals surface area contributed by atoms with Crippen molar-refractivity contribution in [3.8, 4) is 0 Å². The molecule has 0 saturated heterocycles. The van der Waals surface area contributed by atoms with Crippen LogP contribution in [0.5, 0.6) is 0 Å². The van der Waals surface area contributed by atoms with Crippen molar-refractivity contribution in [3.05, 3.63) is 0 Å². The molecule has 0 radical (unpaired) electrons. The third kappa shape index (κ3) is 3.74. The van der Waals surface area contributed by atoms with Crippen LogP contribution in [0.25, 0.3) is 0 Å². The van der Waals surface area contributed by atoms with Gasteiger partial charge in [-0.1, -0.05) is 59.3 Å². The first-order chi connectivity index (χ1) is 9.27. The molecule has 1 N–H and O–H groups in total. The van der Waals surface area contributed by atoms with E-state index >= 15 is 0 Å². The lowest BCUT2D eigenvalue weighted by atomic mass is 9.69. The summed E-state index contributed by atoms with van der Waals surface area (Å²) in [6, 6.07) is 0.822. The molecule has 5 atom stereocenters. The van der Waals surface area contributed by atoms with Gasteiger partial charge in [-0.3, -0.25) is 0 Å². The number of nitrogens with one attached hydrogen (secondary N) is 1. The van der Waals surface area contributed by atoms with E-state index in [0.29, 0.717) is 0 Å². The van der Waals surface area contributed by atoms with Gasteiger partial charge in [-0.15, -0.1) is 0 Å². The summed E-state index contributed by atoms with van der Waals surface area (Å²) in [5.41, 5.74) is 0. The summed E-state index contributed by atoms with van der Waals surface area (Å²) in [6.07, 6.45) is 13.0. The van der Waals surface area contributed by atoms with Crippen LogP contribution >= 0.6 is 0 Å². The minimum Gasteiger partial charge on any atom is -0.313 e. The van der Waals surface area contributed by atoms with E-state index in [0.717, 1.165) is 29.7 Å². The molecule has 0 bridgehead atoms. The highest BCUT2D eigenvalue weighted by atomic mass is 14.9. The molecule has 112 valence electrons. The summed E-state index contributed by atoms with van der Waals surface area (Å²) in [7, 11) is 0. The van der Waals surface area contributed by atoms with Gasteiger partial charge < -0.3 is 5.32 Å². The highest BCUT2D eigenvalue weighted by Crippen LogP contribution is 2.42. The maximum absolute atomic E-state index is 3.98. The van der Waals surface area contributed by atoms with Gasteiger partial charge in [0.25, 0.3) is 0 Å². The fourth-order valence-corrected chi connectivity index (χ4v) is 4.85. The molecular weight excluding hydrogens is 230 g/mol. The van der Waals surface area contributed by atoms with Gasteiger partial charge in [-0.25, -0.2) is 0 Å². The van der Waals surface area contributed by atoms with E-state index in [4.69, 9.17) is 0 Å². The van der Waals surface area contributed by atoms with E-state index in [9.17, 15) is 0 Å². The Morgan fingerprint density at radius 2 is 1.68 bits per heavy atom. The first kappa shape index (κ1) is 15.4. The van der Waals surface area contributed by atoms with Crippen molar-refractivity contribution in [2.45, 2.75) is 84.6 Å². The zero-order chi connectivity index (χ0) is 13.7.